The molecule has 0 unspecified atom stereocenters. The molecule has 2 N–H and O–H groups in total. The highest BCUT2D eigenvalue weighted by molar-refractivity contribution is 6.13. The molecule has 1 aromatic heterocycles. The Morgan fingerprint density at radius 1 is 1.25 bits per heavy atom. The molecule has 0 aliphatic carbocycles. The van der Waals surface area contributed by atoms with Gasteiger partial charge in [-0.25, -0.2) is 0 Å². The second-order valence-electron chi connectivity index (χ2n) is 5.72. The number of anilines is 1. The largest absolute Gasteiger partial charge is 0.506 e. The average Bonchev–Trinajstić information content (AvgIpc) is 2.94. The number of para-hydroxylation sites is 1. The monoisotopic (exact) mass is 324 g/mol. The molecule has 5 heteroatoms. The molecule has 1 heterocycles. The molecule has 0 aliphatic rings. The van der Waals surface area contributed by atoms with E-state index in [0.29, 0.717) is 24.4 Å². The number of amides is 1. The van der Waals surface area contributed by atoms with Crippen LogP contribution in [0.2, 0.25) is 0 Å². The Balaban J connectivity index is 1.94. The fourth-order valence-corrected chi connectivity index (χ4v) is 2.74. The van der Waals surface area contributed by atoms with Gasteiger partial charge in [0.1, 0.15) is 5.75 Å². The number of phenolic OH excluding ortho intramolecular Hbond substituents is 1. The Labute approximate surface area is 140 Å². The highest BCUT2D eigenvalue weighted by Gasteiger charge is 2.16. The Morgan fingerprint density at radius 2 is 2.04 bits per heavy atom. The third-order valence-corrected chi connectivity index (χ3v) is 3.97. The van der Waals surface area contributed by atoms with Crippen LogP contribution in [0.15, 0.2) is 48.7 Å². The Morgan fingerprint density at radius 3 is 2.79 bits per heavy atom. The van der Waals surface area contributed by atoms with Gasteiger partial charge in [-0.15, -0.1) is 0 Å². The number of hydrogen-bond acceptors (Lipinski definition) is 3. The number of rotatable bonds is 5. The third-order valence-electron chi connectivity index (χ3n) is 3.97. The molecule has 24 heavy (non-hydrogen) atoms. The van der Waals surface area contributed by atoms with E-state index in [1.54, 1.807) is 19.2 Å². The topological polar surface area (TPSA) is 63.5 Å². The molecule has 0 bridgehead atoms. The van der Waals surface area contributed by atoms with E-state index in [1.165, 1.54) is 0 Å². The summed E-state index contributed by atoms with van der Waals surface area (Å²) in [5.74, 6) is -0.187. The van der Waals surface area contributed by atoms with E-state index in [4.69, 9.17) is 4.74 Å². The van der Waals surface area contributed by atoms with E-state index >= 15 is 0 Å². The second kappa shape index (κ2) is 6.76. The molecule has 124 valence electrons. The van der Waals surface area contributed by atoms with Crippen molar-refractivity contribution in [3.63, 3.8) is 0 Å². The minimum Gasteiger partial charge on any atom is -0.506 e. The molecular formula is C19H20N2O3. The van der Waals surface area contributed by atoms with Crippen LogP contribution in [0.5, 0.6) is 5.75 Å². The fourth-order valence-electron chi connectivity index (χ4n) is 2.74. The summed E-state index contributed by atoms with van der Waals surface area (Å²) in [5, 5.41) is 13.6. The first-order chi connectivity index (χ1) is 11.6. The van der Waals surface area contributed by atoms with Crippen LogP contribution in [0, 0.1) is 6.92 Å². The number of benzene rings is 2. The van der Waals surface area contributed by atoms with Gasteiger partial charge in [0.2, 0.25) is 0 Å². The first kappa shape index (κ1) is 16.1. The number of nitrogens with one attached hydrogen (secondary N) is 1. The van der Waals surface area contributed by atoms with Gasteiger partial charge < -0.3 is 19.7 Å². The first-order valence-electron chi connectivity index (χ1n) is 7.78. The summed E-state index contributed by atoms with van der Waals surface area (Å²) in [6, 6.07) is 12.9. The van der Waals surface area contributed by atoms with Gasteiger partial charge in [-0.2, -0.15) is 0 Å². The van der Waals surface area contributed by atoms with Gasteiger partial charge in [0.15, 0.2) is 0 Å². The molecule has 3 aromatic rings. The van der Waals surface area contributed by atoms with Gasteiger partial charge in [0.05, 0.1) is 17.9 Å². The van der Waals surface area contributed by atoms with Crippen molar-refractivity contribution in [2.45, 2.75) is 13.5 Å². The summed E-state index contributed by atoms with van der Waals surface area (Å²) in [5.41, 5.74) is 2.88. The maximum absolute atomic E-state index is 12.7. The van der Waals surface area contributed by atoms with E-state index in [-0.39, 0.29) is 11.7 Å². The van der Waals surface area contributed by atoms with Gasteiger partial charge in [-0.3, -0.25) is 4.79 Å². The summed E-state index contributed by atoms with van der Waals surface area (Å²) in [6.07, 6.45) is 1.82. The van der Waals surface area contributed by atoms with E-state index < -0.39 is 0 Å². The molecule has 2 aromatic carbocycles. The summed E-state index contributed by atoms with van der Waals surface area (Å²) in [7, 11) is 1.65. The zero-order valence-corrected chi connectivity index (χ0v) is 13.7. The number of methoxy groups -OCH3 is 1. The number of carbonyl (C=O) groups excluding carboxylic acids is 1. The number of phenols is 1. The van der Waals surface area contributed by atoms with E-state index in [0.717, 1.165) is 16.5 Å². The molecule has 0 aliphatic heterocycles. The van der Waals surface area contributed by atoms with E-state index in [9.17, 15) is 9.90 Å². The Hall–Kier alpha value is -2.79. The van der Waals surface area contributed by atoms with Crippen molar-refractivity contribution in [2.24, 2.45) is 0 Å². The minimum absolute atomic E-state index is 0.0615. The predicted octanol–water partition coefficient (Wildman–Crippen LogP) is 3.55. The van der Waals surface area contributed by atoms with Crippen LogP contribution < -0.4 is 5.32 Å². The predicted molar refractivity (Wildman–Crippen MR) is 94.6 cm³/mol. The van der Waals surface area contributed by atoms with Gasteiger partial charge in [0.25, 0.3) is 5.91 Å². The molecule has 0 spiro atoms. The number of fused-ring (bicyclic) bond motifs is 1. The smallest absolute Gasteiger partial charge is 0.257 e. The molecule has 5 nitrogen and oxygen atoms in total. The number of aromatic hydroxyl groups is 1. The number of ether oxygens (including phenoxy) is 1. The summed E-state index contributed by atoms with van der Waals surface area (Å²) in [6.45, 7) is 3.12. The fraction of sp³-hybridized carbons (Fsp3) is 0.211. The summed E-state index contributed by atoms with van der Waals surface area (Å²) < 4.78 is 7.14. The number of nitrogens with zero attached hydrogens (tertiary/aromatic N) is 1. The van der Waals surface area contributed by atoms with Crippen LogP contribution in [-0.4, -0.2) is 29.3 Å². The quantitative estimate of drug-likeness (QED) is 0.705. The molecule has 0 fully saturated rings. The molecule has 0 radical (unpaired) electrons. The maximum atomic E-state index is 12.7. The van der Waals surface area contributed by atoms with Crippen molar-refractivity contribution in [1.29, 1.82) is 0 Å². The van der Waals surface area contributed by atoms with Crippen molar-refractivity contribution in [3.05, 3.63) is 59.8 Å². The Bertz CT molecular complexity index is 883. The summed E-state index contributed by atoms with van der Waals surface area (Å²) in [4.78, 5) is 12.7. The minimum atomic E-state index is -0.249. The molecular weight excluding hydrogens is 304 g/mol. The molecule has 3 rings (SSSR count). The standard InChI is InChI=1S/C19H20N2O3/c1-13-7-8-16(18(22)11-13)20-19(23)15-12-21(9-10-24-2)17-6-4-3-5-14(15)17/h3-8,11-12,22H,9-10H2,1-2H3,(H,20,23). The van der Waals surface area contributed by atoms with E-state index in [2.05, 4.69) is 5.32 Å². The van der Waals surface area contributed by atoms with Crippen molar-refractivity contribution in [2.75, 3.05) is 19.0 Å². The van der Waals surface area contributed by atoms with Crippen LogP contribution in [0.25, 0.3) is 10.9 Å². The van der Waals surface area contributed by atoms with E-state index in [1.807, 2.05) is 48.0 Å². The van der Waals surface area contributed by atoms with Gasteiger partial charge in [-0.1, -0.05) is 24.3 Å². The number of hydrogen-bond donors (Lipinski definition) is 2. The van der Waals surface area contributed by atoms with Crippen LogP contribution >= 0.6 is 0 Å². The van der Waals surface area contributed by atoms with Crippen LogP contribution in [0.1, 0.15) is 15.9 Å². The zero-order chi connectivity index (χ0) is 17.1. The molecule has 1 amide bonds. The number of aryl methyl sites for hydroxylation is 1. The van der Waals surface area contributed by atoms with Crippen LogP contribution in [0.4, 0.5) is 5.69 Å². The van der Waals surface area contributed by atoms with Crippen LogP contribution in [0.3, 0.4) is 0 Å². The van der Waals surface area contributed by atoms with Gasteiger partial charge in [0, 0.05) is 30.8 Å². The van der Waals surface area contributed by atoms with Gasteiger partial charge >= 0.3 is 0 Å². The lowest BCUT2D eigenvalue weighted by atomic mass is 10.1. The lowest BCUT2D eigenvalue weighted by molar-refractivity contribution is 0.102. The van der Waals surface area contributed by atoms with Crippen molar-refractivity contribution < 1.29 is 14.6 Å². The lowest BCUT2D eigenvalue weighted by Crippen LogP contribution is -2.12. The van der Waals surface area contributed by atoms with Crippen molar-refractivity contribution in [3.8, 4) is 5.75 Å². The maximum Gasteiger partial charge on any atom is 0.257 e. The molecule has 0 atom stereocenters. The normalized spacial score (nSPS) is 10.9. The molecule has 0 saturated heterocycles. The second-order valence-corrected chi connectivity index (χ2v) is 5.72. The van der Waals surface area contributed by atoms with Crippen molar-refractivity contribution >= 4 is 22.5 Å². The highest BCUT2D eigenvalue weighted by atomic mass is 16.5. The SMILES string of the molecule is COCCn1cc(C(=O)Nc2ccc(C)cc2O)c2ccccc21. The van der Waals surface area contributed by atoms with Crippen molar-refractivity contribution in [1.82, 2.24) is 4.57 Å². The first-order valence-corrected chi connectivity index (χ1v) is 7.78. The average molecular weight is 324 g/mol. The Kier molecular flexibility index (Phi) is 4.53. The third kappa shape index (κ3) is 3.12. The number of carbonyl (C=O) groups is 1. The summed E-state index contributed by atoms with van der Waals surface area (Å²) >= 11 is 0. The zero-order valence-electron chi connectivity index (χ0n) is 13.7. The lowest BCUT2D eigenvalue weighted by Gasteiger charge is -2.07. The van der Waals surface area contributed by atoms with Crippen LogP contribution in [-0.2, 0) is 11.3 Å². The number of aromatic nitrogens is 1. The van der Waals surface area contributed by atoms with Gasteiger partial charge in [-0.05, 0) is 30.7 Å². The highest BCUT2D eigenvalue weighted by Crippen LogP contribution is 2.27. The molecule has 0 saturated carbocycles.